The summed E-state index contributed by atoms with van der Waals surface area (Å²) in [6.45, 7) is 6.44. The molecule has 0 saturated carbocycles. The van der Waals surface area contributed by atoms with Gasteiger partial charge in [-0.3, -0.25) is 5.01 Å². The lowest BCUT2D eigenvalue weighted by Gasteiger charge is -2.24. The van der Waals surface area contributed by atoms with E-state index in [-0.39, 0.29) is 23.0 Å². The van der Waals surface area contributed by atoms with E-state index in [4.69, 9.17) is 5.10 Å². The van der Waals surface area contributed by atoms with Crippen LogP contribution in [0.1, 0.15) is 38.8 Å². The van der Waals surface area contributed by atoms with Crippen molar-refractivity contribution < 1.29 is 9.50 Å². The molecule has 1 aliphatic rings. The fourth-order valence-electron chi connectivity index (χ4n) is 2.75. The van der Waals surface area contributed by atoms with Crippen LogP contribution >= 0.6 is 0 Å². The minimum Gasteiger partial charge on any atom is -0.508 e. The van der Waals surface area contributed by atoms with E-state index < -0.39 is 0 Å². The van der Waals surface area contributed by atoms with Crippen LogP contribution < -0.4 is 5.01 Å². The van der Waals surface area contributed by atoms with Crippen molar-refractivity contribution in [3.05, 3.63) is 59.9 Å². The van der Waals surface area contributed by atoms with E-state index >= 15 is 0 Å². The standard InChI is InChI=1S/C19H21FN2O/c1-19(2,3)18-12-17(13-4-10-16(23)11-5-13)22(21-18)15-8-6-14(20)7-9-15/h4-11,17,23H,12H2,1-3H3. The number of benzene rings is 2. The molecule has 0 amide bonds. The highest BCUT2D eigenvalue weighted by atomic mass is 19.1. The second-order valence-corrected chi connectivity index (χ2v) is 6.93. The number of nitrogens with zero attached hydrogens (tertiary/aromatic N) is 2. The quantitative estimate of drug-likeness (QED) is 0.857. The Kier molecular flexibility index (Phi) is 3.84. The third-order valence-corrected chi connectivity index (χ3v) is 4.15. The normalized spacial score (nSPS) is 18.2. The Hall–Kier alpha value is -2.36. The molecule has 2 aromatic carbocycles. The predicted octanol–water partition coefficient (Wildman–Crippen LogP) is 4.88. The van der Waals surface area contributed by atoms with E-state index in [9.17, 15) is 9.50 Å². The summed E-state index contributed by atoms with van der Waals surface area (Å²) in [5.74, 6) is -0.00815. The molecule has 0 spiro atoms. The molecule has 1 N–H and O–H groups in total. The molecule has 0 fully saturated rings. The molecule has 120 valence electrons. The molecule has 23 heavy (non-hydrogen) atoms. The van der Waals surface area contributed by atoms with Crippen LogP contribution in [0.2, 0.25) is 0 Å². The summed E-state index contributed by atoms with van der Waals surface area (Å²) in [5.41, 5.74) is 3.03. The van der Waals surface area contributed by atoms with Gasteiger partial charge in [0.25, 0.3) is 0 Å². The van der Waals surface area contributed by atoms with Gasteiger partial charge in [0, 0.05) is 17.5 Å². The van der Waals surface area contributed by atoms with Crippen LogP contribution in [-0.4, -0.2) is 10.8 Å². The van der Waals surface area contributed by atoms with E-state index in [0.717, 1.165) is 23.4 Å². The van der Waals surface area contributed by atoms with Crippen molar-refractivity contribution in [3.63, 3.8) is 0 Å². The molecule has 0 aliphatic carbocycles. The number of hydrogen-bond donors (Lipinski definition) is 1. The van der Waals surface area contributed by atoms with Crippen LogP contribution in [-0.2, 0) is 0 Å². The third-order valence-electron chi connectivity index (χ3n) is 4.15. The Morgan fingerprint density at radius 3 is 2.22 bits per heavy atom. The summed E-state index contributed by atoms with van der Waals surface area (Å²) < 4.78 is 13.2. The van der Waals surface area contributed by atoms with Gasteiger partial charge in [-0.25, -0.2) is 4.39 Å². The van der Waals surface area contributed by atoms with E-state index in [1.807, 2.05) is 17.1 Å². The van der Waals surface area contributed by atoms with Crippen molar-refractivity contribution >= 4 is 11.4 Å². The Labute approximate surface area is 136 Å². The number of rotatable bonds is 2. The lowest BCUT2D eigenvalue weighted by molar-refractivity contribution is 0.475. The van der Waals surface area contributed by atoms with E-state index in [0.29, 0.717) is 0 Å². The van der Waals surface area contributed by atoms with E-state index in [2.05, 4.69) is 20.8 Å². The molecule has 1 heterocycles. The number of hydrogen-bond acceptors (Lipinski definition) is 3. The lowest BCUT2D eigenvalue weighted by Crippen LogP contribution is -2.19. The van der Waals surface area contributed by atoms with Gasteiger partial charge in [-0.05, 0) is 42.0 Å². The number of phenols is 1. The van der Waals surface area contributed by atoms with Crippen molar-refractivity contribution in [2.45, 2.75) is 33.2 Å². The second-order valence-electron chi connectivity index (χ2n) is 6.93. The zero-order valence-corrected chi connectivity index (χ0v) is 13.6. The number of phenolic OH excluding ortho intramolecular Hbond substituents is 1. The highest BCUT2D eigenvalue weighted by Crippen LogP contribution is 2.39. The molecule has 1 atom stereocenters. The van der Waals surface area contributed by atoms with E-state index in [1.54, 1.807) is 24.3 Å². The highest BCUT2D eigenvalue weighted by Gasteiger charge is 2.34. The number of anilines is 1. The summed E-state index contributed by atoms with van der Waals surface area (Å²) in [6.07, 6.45) is 0.811. The summed E-state index contributed by atoms with van der Waals surface area (Å²) in [4.78, 5) is 0. The molecule has 0 aromatic heterocycles. The van der Waals surface area contributed by atoms with Gasteiger partial charge >= 0.3 is 0 Å². The topological polar surface area (TPSA) is 35.8 Å². The average Bonchev–Trinajstić information content (AvgIpc) is 2.94. The number of hydrazone groups is 1. The molecular formula is C19H21FN2O. The zero-order valence-electron chi connectivity index (χ0n) is 13.6. The maximum atomic E-state index is 13.2. The van der Waals surface area contributed by atoms with Crippen LogP contribution in [0, 0.1) is 11.2 Å². The minimum absolute atomic E-state index is 0.0239. The largest absolute Gasteiger partial charge is 0.508 e. The summed E-state index contributed by atoms with van der Waals surface area (Å²) in [7, 11) is 0. The maximum absolute atomic E-state index is 13.2. The van der Waals surface area contributed by atoms with Crippen LogP contribution in [0.4, 0.5) is 10.1 Å². The van der Waals surface area contributed by atoms with Crippen molar-refractivity contribution in [2.24, 2.45) is 10.5 Å². The van der Waals surface area contributed by atoms with Gasteiger partial charge in [-0.2, -0.15) is 5.10 Å². The first-order chi connectivity index (χ1) is 10.8. The second kappa shape index (κ2) is 5.69. The Balaban J connectivity index is 2.00. The summed E-state index contributed by atoms with van der Waals surface area (Å²) >= 11 is 0. The van der Waals surface area contributed by atoms with Crippen molar-refractivity contribution in [1.82, 2.24) is 0 Å². The van der Waals surface area contributed by atoms with Crippen LogP contribution in [0.25, 0.3) is 0 Å². The lowest BCUT2D eigenvalue weighted by atomic mass is 9.86. The SMILES string of the molecule is CC(C)(C)C1=NN(c2ccc(F)cc2)C(c2ccc(O)cc2)C1. The first kappa shape index (κ1) is 15.5. The van der Waals surface area contributed by atoms with Gasteiger partial charge in [-0.1, -0.05) is 32.9 Å². The van der Waals surface area contributed by atoms with Gasteiger partial charge in [0.1, 0.15) is 11.6 Å². The van der Waals surface area contributed by atoms with Gasteiger partial charge in [0.05, 0.1) is 11.7 Å². The van der Waals surface area contributed by atoms with E-state index in [1.165, 1.54) is 12.1 Å². The fraction of sp³-hybridized carbons (Fsp3) is 0.316. The smallest absolute Gasteiger partial charge is 0.123 e. The summed E-state index contributed by atoms with van der Waals surface area (Å²) in [6, 6.07) is 13.7. The highest BCUT2D eigenvalue weighted by molar-refractivity contribution is 5.93. The summed E-state index contributed by atoms with van der Waals surface area (Å²) in [5, 5.41) is 16.3. The molecule has 1 unspecified atom stereocenters. The van der Waals surface area contributed by atoms with Crippen LogP contribution in [0.15, 0.2) is 53.6 Å². The molecule has 0 radical (unpaired) electrons. The zero-order chi connectivity index (χ0) is 16.6. The predicted molar refractivity (Wildman–Crippen MR) is 91.2 cm³/mol. The number of aromatic hydroxyl groups is 1. The fourth-order valence-corrected chi connectivity index (χ4v) is 2.75. The first-order valence-electron chi connectivity index (χ1n) is 7.76. The van der Waals surface area contributed by atoms with Gasteiger partial charge in [0.15, 0.2) is 0 Å². The third kappa shape index (κ3) is 3.21. The molecule has 2 aromatic rings. The number of halogens is 1. The monoisotopic (exact) mass is 312 g/mol. The first-order valence-corrected chi connectivity index (χ1v) is 7.76. The maximum Gasteiger partial charge on any atom is 0.123 e. The van der Waals surface area contributed by atoms with Gasteiger partial charge < -0.3 is 5.11 Å². The Morgan fingerprint density at radius 2 is 1.65 bits per heavy atom. The molecular weight excluding hydrogens is 291 g/mol. The molecule has 0 bridgehead atoms. The molecule has 3 rings (SSSR count). The Morgan fingerprint density at radius 1 is 1.04 bits per heavy atom. The van der Waals surface area contributed by atoms with Gasteiger partial charge in [0.2, 0.25) is 0 Å². The van der Waals surface area contributed by atoms with Crippen molar-refractivity contribution in [3.8, 4) is 5.75 Å². The molecule has 4 heteroatoms. The average molecular weight is 312 g/mol. The van der Waals surface area contributed by atoms with Crippen LogP contribution in [0.3, 0.4) is 0 Å². The van der Waals surface area contributed by atoms with Gasteiger partial charge in [-0.15, -0.1) is 0 Å². The minimum atomic E-state index is -0.255. The molecule has 0 saturated heterocycles. The van der Waals surface area contributed by atoms with Crippen molar-refractivity contribution in [1.29, 1.82) is 0 Å². The molecule has 3 nitrogen and oxygen atoms in total. The Bertz CT molecular complexity index is 715. The van der Waals surface area contributed by atoms with Crippen molar-refractivity contribution in [2.75, 3.05) is 5.01 Å². The molecule has 1 aliphatic heterocycles. The van der Waals surface area contributed by atoms with Crippen LogP contribution in [0.5, 0.6) is 5.75 Å².